The smallest absolute Gasteiger partial charge is 0.277 e. The van der Waals surface area contributed by atoms with Gasteiger partial charge in [0.15, 0.2) is 5.78 Å². The quantitative estimate of drug-likeness (QED) is 0.314. The molecule has 2 amide bonds. The van der Waals surface area contributed by atoms with Crippen molar-refractivity contribution < 1.29 is 18.8 Å². The van der Waals surface area contributed by atoms with E-state index < -0.39 is 0 Å². The molecule has 0 unspecified atom stereocenters. The van der Waals surface area contributed by atoms with Gasteiger partial charge in [-0.3, -0.25) is 19.3 Å². The zero-order chi connectivity index (χ0) is 22.1. The average molecular weight is 448 g/mol. The predicted octanol–water partition coefficient (Wildman–Crippen LogP) is 4.39. The lowest BCUT2D eigenvalue weighted by Crippen LogP contribution is -2.30. The summed E-state index contributed by atoms with van der Waals surface area (Å²) in [7, 11) is 0. The predicted molar refractivity (Wildman–Crippen MR) is 119 cm³/mol. The molecule has 1 aromatic heterocycles. The van der Waals surface area contributed by atoms with Gasteiger partial charge in [0.25, 0.3) is 5.22 Å². The maximum Gasteiger partial charge on any atom is 0.277 e. The number of fused-ring (bicyclic) bond motifs is 1. The van der Waals surface area contributed by atoms with Gasteiger partial charge in [-0.2, -0.15) is 0 Å². The molecule has 32 heavy (non-hydrogen) atoms. The average Bonchev–Trinajstić information content (AvgIpc) is 3.41. The van der Waals surface area contributed by atoms with E-state index in [1.165, 1.54) is 16.7 Å². The second-order valence-corrected chi connectivity index (χ2v) is 8.93. The first kappa shape index (κ1) is 20.6. The number of carbonyl (C=O) groups is 3. The number of benzene rings is 2. The van der Waals surface area contributed by atoms with Crippen molar-refractivity contribution >= 4 is 35.0 Å². The minimum atomic E-state index is -0.191. The van der Waals surface area contributed by atoms with E-state index in [9.17, 15) is 14.4 Å². The molecule has 0 spiro atoms. The second kappa shape index (κ2) is 8.70. The van der Waals surface area contributed by atoms with Crippen LogP contribution in [-0.4, -0.2) is 33.5 Å². The van der Waals surface area contributed by atoms with Crippen LogP contribution in [0.2, 0.25) is 0 Å². The van der Waals surface area contributed by atoms with Gasteiger partial charge >= 0.3 is 0 Å². The minimum absolute atomic E-state index is 0.103. The molecular weight excluding hydrogens is 426 g/mol. The molecule has 0 N–H and O–H groups in total. The fourth-order valence-corrected chi connectivity index (χ4v) is 5.05. The number of carbonyl (C=O) groups excluding carboxylic acids is 3. The van der Waals surface area contributed by atoms with E-state index in [2.05, 4.69) is 10.2 Å². The number of nitrogens with zero attached hydrogens (tertiary/aromatic N) is 3. The highest BCUT2D eigenvalue weighted by Gasteiger charge is 2.48. The number of rotatable bonds is 6. The van der Waals surface area contributed by atoms with Crippen LogP contribution in [0.3, 0.4) is 0 Å². The van der Waals surface area contributed by atoms with Crippen molar-refractivity contribution in [3.05, 3.63) is 60.2 Å². The number of thioether (sulfide) groups is 1. The molecule has 1 aliphatic carbocycles. The van der Waals surface area contributed by atoms with Crippen LogP contribution in [0.4, 0.5) is 5.69 Å². The van der Waals surface area contributed by atoms with Gasteiger partial charge in [-0.15, -0.1) is 10.2 Å². The van der Waals surface area contributed by atoms with Crippen LogP contribution >= 0.6 is 11.8 Å². The normalized spacial score (nSPS) is 20.4. The molecule has 2 heterocycles. The van der Waals surface area contributed by atoms with E-state index in [0.29, 0.717) is 22.4 Å². The molecule has 2 aromatic carbocycles. The molecule has 8 heteroatoms. The van der Waals surface area contributed by atoms with Gasteiger partial charge in [0.05, 0.1) is 23.3 Å². The molecule has 5 rings (SSSR count). The summed E-state index contributed by atoms with van der Waals surface area (Å²) in [5, 5.41) is 8.33. The molecule has 2 atom stereocenters. The van der Waals surface area contributed by atoms with Crippen molar-refractivity contribution in [2.24, 2.45) is 11.8 Å². The monoisotopic (exact) mass is 447 g/mol. The highest BCUT2D eigenvalue weighted by Crippen LogP contribution is 2.40. The summed E-state index contributed by atoms with van der Waals surface area (Å²) < 4.78 is 5.62. The van der Waals surface area contributed by atoms with Crippen LogP contribution < -0.4 is 4.90 Å². The van der Waals surface area contributed by atoms with E-state index >= 15 is 0 Å². The van der Waals surface area contributed by atoms with E-state index in [-0.39, 0.29) is 35.2 Å². The highest BCUT2D eigenvalue weighted by atomic mass is 32.2. The van der Waals surface area contributed by atoms with Gasteiger partial charge < -0.3 is 4.42 Å². The minimum Gasteiger partial charge on any atom is -0.411 e. The molecule has 0 bridgehead atoms. The summed E-state index contributed by atoms with van der Waals surface area (Å²) >= 11 is 1.17. The van der Waals surface area contributed by atoms with Crippen LogP contribution in [0.15, 0.2) is 64.2 Å². The summed E-state index contributed by atoms with van der Waals surface area (Å²) in [4.78, 5) is 39.4. The lowest BCUT2D eigenvalue weighted by atomic mass is 9.81. The Morgan fingerprint density at radius 1 is 0.938 bits per heavy atom. The van der Waals surface area contributed by atoms with Gasteiger partial charge in [0.1, 0.15) is 0 Å². The third-order valence-corrected chi connectivity index (χ3v) is 6.86. The highest BCUT2D eigenvalue weighted by molar-refractivity contribution is 7.99. The number of amides is 2. The number of imide groups is 1. The number of ketones is 1. The van der Waals surface area contributed by atoms with Gasteiger partial charge in [-0.05, 0) is 49.2 Å². The van der Waals surface area contributed by atoms with E-state index in [1.807, 2.05) is 30.3 Å². The first-order chi connectivity index (χ1) is 15.6. The van der Waals surface area contributed by atoms with Crippen molar-refractivity contribution in [1.82, 2.24) is 10.2 Å². The first-order valence-electron chi connectivity index (χ1n) is 10.6. The fourth-order valence-electron chi connectivity index (χ4n) is 4.39. The van der Waals surface area contributed by atoms with E-state index in [4.69, 9.17) is 4.42 Å². The van der Waals surface area contributed by atoms with Crippen molar-refractivity contribution in [2.75, 3.05) is 10.7 Å². The maximum absolute atomic E-state index is 12.7. The van der Waals surface area contributed by atoms with Crippen LogP contribution in [0.1, 0.15) is 36.0 Å². The summed E-state index contributed by atoms with van der Waals surface area (Å²) in [6, 6.07) is 16.1. The molecule has 0 radical (unpaired) electrons. The fraction of sp³-hybridized carbons (Fsp3) is 0.292. The number of hydrogen-bond donors (Lipinski definition) is 0. The Hall–Kier alpha value is -3.26. The van der Waals surface area contributed by atoms with Gasteiger partial charge in [0.2, 0.25) is 17.7 Å². The topological polar surface area (TPSA) is 93.4 Å². The molecule has 3 aromatic rings. The lowest BCUT2D eigenvalue weighted by Gasteiger charge is -2.19. The molecule has 1 aliphatic heterocycles. The molecular formula is C24H21N3O4S. The number of Topliss-reactive ketones (excluding diaryl/α,β-unsaturated/α-hetero) is 1. The Morgan fingerprint density at radius 2 is 1.59 bits per heavy atom. The number of aromatic nitrogens is 2. The van der Waals surface area contributed by atoms with Crippen LogP contribution in [0, 0.1) is 11.8 Å². The lowest BCUT2D eigenvalue weighted by molar-refractivity contribution is -0.122. The molecule has 2 fully saturated rings. The zero-order valence-corrected chi connectivity index (χ0v) is 18.1. The molecule has 162 valence electrons. The van der Waals surface area contributed by atoms with Gasteiger partial charge in [0, 0.05) is 11.1 Å². The first-order valence-corrected chi connectivity index (χ1v) is 11.6. The molecule has 1 saturated carbocycles. The Kier molecular flexibility index (Phi) is 5.61. The zero-order valence-electron chi connectivity index (χ0n) is 17.3. The van der Waals surface area contributed by atoms with Crippen LogP contribution in [0.25, 0.3) is 11.5 Å². The van der Waals surface area contributed by atoms with Crippen molar-refractivity contribution in [2.45, 2.75) is 30.9 Å². The van der Waals surface area contributed by atoms with E-state index in [0.717, 1.165) is 31.2 Å². The third-order valence-electron chi connectivity index (χ3n) is 6.04. The Morgan fingerprint density at radius 3 is 2.25 bits per heavy atom. The molecule has 1 saturated heterocycles. The summed E-state index contributed by atoms with van der Waals surface area (Å²) in [6.07, 6.45) is 3.54. The van der Waals surface area contributed by atoms with Crippen molar-refractivity contribution in [3.8, 4) is 11.5 Å². The largest absolute Gasteiger partial charge is 0.411 e. The third kappa shape index (κ3) is 3.86. The maximum atomic E-state index is 12.7. The SMILES string of the molecule is O=C(CSc1nnc(-c2ccccc2)o1)c1ccc(N2C(=O)[C@H]3CCCC[C@@H]3C2=O)cc1. The summed E-state index contributed by atoms with van der Waals surface area (Å²) in [5.74, 6) is -0.158. The molecule has 7 nitrogen and oxygen atoms in total. The Balaban J connectivity index is 1.23. The van der Waals surface area contributed by atoms with Gasteiger partial charge in [-0.1, -0.05) is 42.8 Å². The Bertz CT molecular complexity index is 1140. The second-order valence-electron chi connectivity index (χ2n) is 8.01. The van der Waals surface area contributed by atoms with E-state index in [1.54, 1.807) is 24.3 Å². The van der Waals surface area contributed by atoms with Crippen molar-refractivity contribution in [1.29, 1.82) is 0 Å². The molecule has 2 aliphatic rings. The Labute approximate surface area is 189 Å². The standard InChI is InChI=1S/C24H21N3O4S/c28-20(14-32-24-26-25-21(31-24)16-6-2-1-3-7-16)15-10-12-17(13-11-15)27-22(29)18-8-4-5-9-19(18)23(27)30/h1-3,6-7,10-13,18-19H,4-5,8-9,14H2/t18-,19-/m0/s1. The number of hydrogen-bond acceptors (Lipinski definition) is 7. The van der Waals surface area contributed by atoms with Gasteiger partial charge in [-0.25, -0.2) is 0 Å². The summed E-state index contributed by atoms with van der Waals surface area (Å²) in [6.45, 7) is 0. The number of anilines is 1. The van der Waals surface area contributed by atoms with Crippen LogP contribution in [0.5, 0.6) is 0 Å². The van der Waals surface area contributed by atoms with Crippen molar-refractivity contribution in [3.63, 3.8) is 0 Å². The van der Waals surface area contributed by atoms with Crippen LogP contribution in [-0.2, 0) is 9.59 Å². The summed E-state index contributed by atoms with van der Waals surface area (Å²) in [5.41, 5.74) is 1.85.